The highest BCUT2D eigenvalue weighted by Crippen LogP contribution is 2.20. The van der Waals surface area contributed by atoms with Crippen LogP contribution in [-0.2, 0) is 19.3 Å². The van der Waals surface area contributed by atoms with Gasteiger partial charge in [0, 0.05) is 25.1 Å². The van der Waals surface area contributed by atoms with Crippen LogP contribution in [0.2, 0.25) is 0 Å². The van der Waals surface area contributed by atoms with E-state index >= 15 is 0 Å². The first-order valence-corrected chi connectivity index (χ1v) is 6.38. The minimum Gasteiger partial charge on any atom is -0.357 e. The molecule has 0 aromatic carbocycles. The predicted molar refractivity (Wildman–Crippen MR) is 78.2 cm³/mol. The molecule has 0 saturated heterocycles. The third kappa shape index (κ3) is 4.27. The van der Waals surface area contributed by atoms with Crippen molar-refractivity contribution in [1.29, 1.82) is 0 Å². The van der Waals surface area contributed by atoms with Gasteiger partial charge in [-0.3, -0.25) is 0 Å². The zero-order valence-corrected chi connectivity index (χ0v) is 13.0. The molecule has 0 fully saturated rings. The molecule has 0 atom stereocenters. The first kappa shape index (κ1) is 16.6. The van der Waals surface area contributed by atoms with E-state index in [-0.39, 0.29) is 0 Å². The van der Waals surface area contributed by atoms with Gasteiger partial charge in [-0.2, -0.15) is 0 Å². The second-order valence-corrected chi connectivity index (χ2v) is 4.64. The van der Waals surface area contributed by atoms with Gasteiger partial charge in [0.1, 0.15) is 5.71 Å². The van der Waals surface area contributed by atoms with Crippen LogP contribution in [0.1, 0.15) is 50.2 Å². The Hall–Kier alpha value is -2.44. The highest BCUT2D eigenvalue weighted by Gasteiger charge is 2.16. The maximum Gasteiger partial charge on any atom is 0.331 e. The molecule has 0 aliphatic rings. The molecule has 7 nitrogen and oxygen atoms in total. The number of oxime groups is 2. The largest absolute Gasteiger partial charge is 0.357 e. The van der Waals surface area contributed by atoms with Gasteiger partial charge in [0.15, 0.2) is 0 Å². The fraction of sp³-hybridized carbons (Fsp3) is 0.429. The Morgan fingerprint density at radius 3 is 1.86 bits per heavy atom. The van der Waals surface area contributed by atoms with Crippen LogP contribution in [0.4, 0.5) is 0 Å². The maximum absolute atomic E-state index is 10.8. The minimum absolute atomic E-state index is 0.479. The molecule has 1 aromatic heterocycles. The van der Waals surface area contributed by atoms with E-state index in [9.17, 15) is 9.59 Å². The zero-order valence-electron chi connectivity index (χ0n) is 13.0. The number of carbonyl (C=O) groups is 2. The fourth-order valence-electron chi connectivity index (χ4n) is 2.01. The van der Waals surface area contributed by atoms with Crippen LogP contribution in [-0.4, -0.2) is 28.3 Å². The molecule has 0 aliphatic carbocycles. The molecule has 21 heavy (non-hydrogen) atoms. The molecule has 1 heterocycles. The SMILES string of the molecule is CC(=O)ON=C(C)c1c(C)[nH]c(/C(C)=N/OC(C)=O)c1C. The summed E-state index contributed by atoms with van der Waals surface area (Å²) in [7, 11) is 0. The number of hydrogen-bond acceptors (Lipinski definition) is 6. The topological polar surface area (TPSA) is 93.1 Å². The summed E-state index contributed by atoms with van der Waals surface area (Å²) in [5.74, 6) is -0.962. The average Bonchev–Trinajstić information content (AvgIpc) is 2.68. The van der Waals surface area contributed by atoms with Gasteiger partial charge in [0.25, 0.3) is 0 Å². The molecule has 1 aromatic rings. The summed E-state index contributed by atoms with van der Waals surface area (Å²) >= 11 is 0. The van der Waals surface area contributed by atoms with Crippen molar-refractivity contribution in [3.05, 3.63) is 22.5 Å². The van der Waals surface area contributed by atoms with Crippen molar-refractivity contribution in [3.63, 3.8) is 0 Å². The van der Waals surface area contributed by atoms with Gasteiger partial charge in [0.05, 0.1) is 11.4 Å². The normalized spacial score (nSPS) is 12.3. The number of rotatable bonds is 4. The summed E-state index contributed by atoms with van der Waals surface area (Å²) in [6.07, 6.45) is 0. The first-order chi connectivity index (χ1) is 9.73. The van der Waals surface area contributed by atoms with Crippen molar-refractivity contribution in [1.82, 2.24) is 4.98 Å². The van der Waals surface area contributed by atoms with E-state index in [1.165, 1.54) is 13.8 Å². The number of aromatic nitrogens is 1. The van der Waals surface area contributed by atoms with Gasteiger partial charge in [-0.1, -0.05) is 10.3 Å². The lowest BCUT2D eigenvalue weighted by molar-refractivity contribution is -0.141. The van der Waals surface area contributed by atoms with Crippen molar-refractivity contribution in [3.8, 4) is 0 Å². The Kier molecular flexibility index (Phi) is 5.40. The van der Waals surface area contributed by atoms with Crippen LogP contribution in [0, 0.1) is 13.8 Å². The summed E-state index contributed by atoms with van der Waals surface area (Å²) in [6, 6.07) is 0. The summed E-state index contributed by atoms with van der Waals surface area (Å²) in [4.78, 5) is 34.0. The smallest absolute Gasteiger partial charge is 0.331 e. The second kappa shape index (κ2) is 6.83. The number of nitrogens with zero attached hydrogens (tertiary/aromatic N) is 2. The molecule has 1 rings (SSSR count). The summed E-state index contributed by atoms with van der Waals surface area (Å²) < 4.78 is 0. The summed E-state index contributed by atoms with van der Waals surface area (Å²) in [5.41, 5.74) is 4.42. The van der Waals surface area contributed by atoms with Gasteiger partial charge in [0.2, 0.25) is 0 Å². The van der Waals surface area contributed by atoms with E-state index in [0.29, 0.717) is 11.4 Å². The van der Waals surface area contributed by atoms with Crippen LogP contribution < -0.4 is 0 Å². The molecular weight excluding hydrogens is 274 g/mol. The van der Waals surface area contributed by atoms with Crippen LogP contribution in [0.25, 0.3) is 0 Å². The van der Waals surface area contributed by atoms with Crippen molar-refractivity contribution < 1.29 is 19.3 Å². The Morgan fingerprint density at radius 1 is 0.905 bits per heavy atom. The molecular formula is C14H19N3O4. The first-order valence-electron chi connectivity index (χ1n) is 6.38. The van der Waals surface area contributed by atoms with Gasteiger partial charge >= 0.3 is 11.9 Å². The zero-order chi connectivity index (χ0) is 16.2. The maximum atomic E-state index is 10.8. The van der Waals surface area contributed by atoms with E-state index in [2.05, 4.69) is 25.0 Å². The van der Waals surface area contributed by atoms with Crippen LogP contribution in [0.15, 0.2) is 10.3 Å². The molecule has 0 saturated carbocycles. The van der Waals surface area contributed by atoms with Crippen LogP contribution in [0.5, 0.6) is 0 Å². The number of carbonyl (C=O) groups excluding carboxylic acids is 2. The van der Waals surface area contributed by atoms with Crippen molar-refractivity contribution >= 4 is 23.4 Å². The van der Waals surface area contributed by atoms with Crippen molar-refractivity contribution in [2.75, 3.05) is 0 Å². The standard InChI is InChI=1S/C14H19N3O4/c1-7-13(9(3)16-20-11(5)18)8(2)15-14(7)10(4)17-21-12(6)19/h15H,1-6H3/b16-9?,17-10+. The van der Waals surface area contributed by atoms with Gasteiger partial charge < -0.3 is 14.7 Å². The van der Waals surface area contributed by atoms with Crippen molar-refractivity contribution in [2.24, 2.45) is 10.3 Å². The second-order valence-electron chi connectivity index (χ2n) is 4.64. The Morgan fingerprint density at radius 2 is 1.38 bits per heavy atom. The van der Waals surface area contributed by atoms with E-state index in [4.69, 9.17) is 0 Å². The molecule has 0 unspecified atom stereocenters. The molecule has 0 amide bonds. The number of nitrogens with one attached hydrogen (secondary N) is 1. The van der Waals surface area contributed by atoms with E-state index in [1.807, 2.05) is 13.8 Å². The quantitative estimate of drug-likeness (QED) is 0.523. The predicted octanol–water partition coefficient (Wildman–Crippen LogP) is 2.21. The number of aromatic amines is 1. The summed E-state index contributed by atoms with van der Waals surface area (Å²) in [6.45, 7) is 9.79. The molecule has 114 valence electrons. The lowest BCUT2D eigenvalue weighted by atomic mass is 10.1. The highest BCUT2D eigenvalue weighted by atomic mass is 16.7. The highest BCUT2D eigenvalue weighted by molar-refractivity contribution is 6.06. The Labute approximate surface area is 123 Å². The molecule has 0 spiro atoms. The molecule has 0 bridgehead atoms. The van der Waals surface area contributed by atoms with Crippen LogP contribution >= 0.6 is 0 Å². The number of hydrogen-bond donors (Lipinski definition) is 1. The number of H-pyrrole nitrogens is 1. The van der Waals surface area contributed by atoms with E-state index < -0.39 is 11.9 Å². The monoisotopic (exact) mass is 293 g/mol. The summed E-state index contributed by atoms with van der Waals surface area (Å²) in [5, 5.41) is 7.54. The van der Waals surface area contributed by atoms with Gasteiger partial charge in [-0.05, 0) is 33.3 Å². The van der Waals surface area contributed by atoms with Gasteiger partial charge in [-0.25, -0.2) is 9.59 Å². The Balaban J connectivity index is 3.16. The third-order valence-electron chi connectivity index (χ3n) is 2.78. The minimum atomic E-state index is -0.483. The molecule has 0 radical (unpaired) electrons. The van der Waals surface area contributed by atoms with Crippen molar-refractivity contribution in [2.45, 2.75) is 41.5 Å². The van der Waals surface area contributed by atoms with Crippen LogP contribution in [0.3, 0.4) is 0 Å². The third-order valence-corrected chi connectivity index (χ3v) is 2.78. The fourth-order valence-corrected chi connectivity index (χ4v) is 2.01. The lowest BCUT2D eigenvalue weighted by Gasteiger charge is -2.02. The van der Waals surface area contributed by atoms with Gasteiger partial charge in [-0.15, -0.1) is 0 Å². The lowest BCUT2D eigenvalue weighted by Crippen LogP contribution is -2.04. The van der Waals surface area contributed by atoms with E-state index in [0.717, 1.165) is 22.5 Å². The molecule has 7 heteroatoms. The Bertz CT molecular complexity index is 626. The number of aryl methyl sites for hydroxylation is 1. The molecule has 1 N–H and O–H groups in total. The molecule has 0 aliphatic heterocycles. The van der Waals surface area contributed by atoms with E-state index in [1.54, 1.807) is 13.8 Å². The average molecular weight is 293 g/mol.